The lowest BCUT2D eigenvalue weighted by Crippen LogP contribution is -2.10. The smallest absolute Gasteiger partial charge is 0.178 e. The summed E-state index contributed by atoms with van der Waals surface area (Å²) in [5, 5.41) is 25.5. The summed E-state index contributed by atoms with van der Waals surface area (Å²) in [4.78, 5) is 10.9. The van der Waals surface area contributed by atoms with Crippen LogP contribution in [0.25, 0.3) is 0 Å². The number of benzene rings is 1. The molecule has 0 unspecified atom stereocenters. The van der Waals surface area contributed by atoms with Crippen LogP contribution >= 0.6 is 11.6 Å². The van der Waals surface area contributed by atoms with E-state index in [0.29, 0.717) is 0 Å². The zero-order valence-corrected chi connectivity index (χ0v) is 8.09. The lowest BCUT2D eigenvalue weighted by atomic mass is 10.1. The number of hydrogen-bond donors (Lipinski definition) is 3. The fraction of sp³-hybridized carbons (Fsp3) is 0.111. The second kappa shape index (κ2) is 3.67. The van der Waals surface area contributed by atoms with Crippen molar-refractivity contribution < 1.29 is 15.0 Å². The standard InChI is InChI=1S/C9H8ClNO3/c1-4(12)8(11)5-2-3-6(13)9(14)7(5)10/h2-3,11,13-14H,1H3. The Kier molecular flexibility index (Phi) is 2.76. The van der Waals surface area contributed by atoms with Gasteiger partial charge in [-0.15, -0.1) is 0 Å². The Morgan fingerprint density at radius 1 is 1.43 bits per heavy atom. The van der Waals surface area contributed by atoms with Crippen LogP contribution in [-0.4, -0.2) is 21.7 Å². The molecular weight excluding hydrogens is 206 g/mol. The third-order valence-corrected chi connectivity index (χ3v) is 2.10. The van der Waals surface area contributed by atoms with E-state index < -0.39 is 11.5 Å². The van der Waals surface area contributed by atoms with Crippen molar-refractivity contribution in [2.75, 3.05) is 0 Å². The summed E-state index contributed by atoms with van der Waals surface area (Å²) in [6.07, 6.45) is 0. The minimum atomic E-state index is -0.518. The van der Waals surface area contributed by atoms with Crippen molar-refractivity contribution in [2.45, 2.75) is 6.92 Å². The highest BCUT2D eigenvalue weighted by atomic mass is 35.5. The molecule has 0 aliphatic heterocycles. The van der Waals surface area contributed by atoms with E-state index in [1.807, 2.05) is 0 Å². The average Bonchev–Trinajstić information content (AvgIpc) is 2.13. The van der Waals surface area contributed by atoms with Gasteiger partial charge in [-0.1, -0.05) is 11.6 Å². The lowest BCUT2D eigenvalue weighted by molar-refractivity contribution is -0.111. The summed E-state index contributed by atoms with van der Waals surface area (Å²) in [6, 6.07) is 2.48. The molecule has 0 bridgehead atoms. The Bertz CT molecular complexity index is 415. The van der Waals surface area contributed by atoms with E-state index in [4.69, 9.17) is 22.1 Å². The van der Waals surface area contributed by atoms with E-state index in [2.05, 4.69) is 0 Å². The second-order valence-electron chi connectivity index (χ2n) is 2.73. The molecule has 0 saturated heterocycles. The molecule has 0 aromatic heterocycles. The highest BCUT2D eigenvalue weighted by Crippen LogP contribution is 2.35. The van der Waals surface area contributed by atoms with Gasteiger partial charge in [0.2, 0.25) is 0 Å². The van der Waals surface area contributed by atoms with Gasteiger partial charge in [0.05, 0.1) is 5.02 Å². The molecule has 0 spiro atoms. The van der Waals surface area contributed by atoms with E-state index in [1.165, 1.54) is 19.1 Å². The van der Waals surface area contributed by atoms with Crippen molar-refractivity contribution in [2.24, 2.45) is 0 Å². The van der Waals surface area contributed by atoms with Gasteiger partial charge < -0.3 is 10.2 Å². The number of hydrogen-bond acceptors (Lipinski definition) is 4. The molecule has 0 heterocycles. The molecule has 14 heavy (non-hydrogen) atoms. The zero-order chi connectivity index (χ0) is 10.9. The van der Waals surface area contributed by atoms with E-state index >= 15 is 0 Å². The molecule has 4 nitrogen and oxygen atoms in total. The van der Waals surface area contributed by atoms with Crippen LogP contribution in [0.4, 0.5) is 0 Å². The van der Waals surface area contributed by atoms with Crippen molar-refractivity contribution >= 4 is 23.1 Å². The van der Waals surface area contributed by atoms with Crippen molar-refractivity contribution in [1.29, 1.82) is 5.41 Å². The van der Waals surface area contributed by atoms with Crippen LogP contribution in [0.3, 0.4) is 0 Å². The molecule has 5 heteroatoms. The number of aromatic hydroxyl groups is 2. The molecule has 0 aliphatic carbocycles. The van der Waals surface area contributed by atoms with Crippen LogP contribution in [0.5, 0.6) is 11.5 Å². The molecule has 3 N–H and O–H groups in total. The predicted octanol–water partition coefficient (Wildman–Crippen LogP) is 1.71. The quantitative estimate of drug-likeness (QED) is 0.517. The number of Topliss-reactive ketones (excluding diaryl/α,β-unsaturated/α-hetero) is 1. The largest absolute Gasteiger partial charge is 0.504 e. The fourth-order valence-electron chi connectivity index (χ4n) is 0.937. The van der Waals surface area contributed by atoms with Gasteiger partial charge in [0, 0.05) is 12.5 Å². The summed E-state index contributed by atoms with van der Waals surface area (Å²) in [5.74, 6) is -1.36. The van der Waals surface area contributed by atoms with E-state index in [0.717, 1.165) is 0 Å². The molecule has 0 radical (unpaired) electrons. The number of carbonyl (C=O) groups is 1. The molecule has 0 saturated carbocycles. The van der Waals surface area contributed by atoms with Gasteiger partial charge in [0.1, 0.15) is 5.71 Å². The minimum Gasteiger partial charge on any atom is -0.504 e. The summed E-state index contributed by atoms with van der Waals surface area (Å²) >= 11 is 5.63. The topological polar surface area (TPSA) is 81.4 Å². The van der Waals surface area contributed by atoms with Crippen molar-refractivity contribution in [3.63, 3.8) is 0 Å². The highest BCUT2D eigenvalue weighted by molar-refractivity contribution is 6.48. The average molecular weight is 214 g/mol. The van der Waals surface area contributed by atoms with Gasteiger partial charge in [-0.25, -0.2) is 0 Å². The maximum Gasteiger partial charge on any atom is 0.178 e. The van der Waals surface area contributed by atoms with Gasteiger partial charge in [-0.05, 0) is 12.1 Å². The highest BCUT2D eigenvalue weighted by Gasteiger charge is 2.15. The number of halogens is 1. The maximum absolute atomic E-state index is 10.9. The third-order valence-electron chi connectivity index (χ3n) is 1.72. The maximum atomic E-state index is 10.9. The monoisotopic (exact) mass is 213 g/mol. The SMILES string of the molecule is CC(=O)C(=N)c1ccc(O)c(O)c1Cl. The number of rotatable bonds is 2. The lowest BCUT2D eigenvalue weighted by Gasteiger charge is -2.06. The fourth-order valence-corrected chi connectivity index (χ4v) is 1.19. The Morgan fingerprint density at radius 3 is 2.50 bits per heavy atom. The Hall–Kier alpha value is -1.55. The molecular formula is C9H8ClNO3. The van der Waals surface area contributed by atoms with Gasteiger partial charge in [-0.3, -0.25) is 10.2 Å². The van der Waals surface area contributed by atoms with Gasteiger partial charge >= 0.3 is 0 Å². The molecule has 0 atom stereocenters. The van der Waals surface area contributed by atoms with Crippen LogP contribution in [0.2, 0.25) is 5.02 Å². The first kappa shape index (κ1) is 10.5. The van der Waals surface area contributed by atoms with Crippen LogP contribution < -0.4 is 0 Å². The number of phenols is 2. The first-order chi connectivity index (χ1) is 6.45. The predicted molar refractivity (Wildman–Crippen MR) is 52.3 cm³/mol. The van der Waals surface area contributed by atoms with Crippen LogP contribution in [0.1, 0.15) is 12.5 Å². The molecule has 74 valence electrons. The first-order valence-electron chi connectivity index (χ1n) is 3.75. The zero-order valence-electron chi connectivity index (χ0n) is 7.34. The van der Waals surface area contributed by atoms with Crippen molar-refractivity contribution in [3.8, 4) is 11.5 Å². The Morgan fingerprint density at radius 2 is 2.00 bits per heavy atom. The van der Waals surface area contributed by atoms with Gasteiger partial charge in [0.15, 0.2) is 17.3 Å². The van der Waals surface area contributed by atoms with Crippen molar-refractivity contribution in [3.05, 3.63) is 22.7 Å². The first-order valence-corrected chi connectivity index (χ1v) is 4.13. The summed E-state index contributed by atoms with van der Waals surface area (Å²) in [5.41, 5.74) is -0.195. The Balaban J connectivity index is 3.31. The second-order valence-corrected chi connectivity index (χ2v) is 3.10. The summed E-state index contributed by atoms with van der Waals surface area (Å²) in [6.45, 7) is 1.22. The number of carbonyl (C=O) groups excluding carboxylic acids is 1. The van der Waals surface area contributed by atoms with Crippen LogP contribution in [-0.2, 0) is 4.79 Å². The summed E-state index contributed by atoms with van der Waals surface area (Å²) < 4.78 is 0. The summed E-state index contributed by atoms with van der Waals surface area (Å²) in [7, 11) is 0. The van der Waals surface area contributed by atoms with Gasteiger partial charge in [-0.2, -0.15) is 0 Å². The number of ketones is 1. The van der Waals surface area contributed by atoms with E-state index in [1.54, 1.807) is 0 Å². The Labute approximate surface area is 85.3 Å². The molecule has 1 aromatic carbocycles. The third kappa shape index (κ3) is 1.70. The number of phenolic OH excluding ortho intramolecular Hbond substituents is 2. The van der Waals surface area contributed by atoms with Crippen molar-refractivity contribution in [1.82, 2.24) is 0 Å². The molecule has 1 rings (SSSR count). The van der Waals surface area contributed by atoms with Crippen LogP contribution in [0.15, 0.2) is 12.1 Å². The number of nitrogens with one attached hydrogen (secondary N) is 1. The minimum absolute atomic E-state index is 0.106. The van der Waals surface area contributed by atoms with E-state index in [-0.39, 0.29) is 22.0 Å². The van der Waals surface area contributed by atoms with Gasteiger partial charge in [0.25, 0.3) is 0 Å². The van der Waals surface area contributed by atoms with Crippen LogP contribution in [0, 0.1) is 5.41 Å². The normalized spacial score (nSPS) is 9.86. The molecule has 0 fully saturated rings. The molecule has 0 amide bonds. The molecule has 0 aliphatic rings. The van der Waals surface area contributed by atoms with E-state index in [9.17, 15) is 9.90 Å². The molecule has 1 aromatic rings.